The van der Waals surface area contributed by atoms with Crippen molar-refractivity contribution in [1.82, 2.24) is 4.90 Å². The molecule has 1 aromatic rings. The number of carbonyl (C=O) groups excluding carboxylic acids is 1. The monoisotopic (exact) mass is 261 g/mol. The van der Waals surface area contributed by atoms with Gasteiger partial charge in [0.05, 0.1) is 6.26 Å². The molecule has 2 atom stereocenters. The summed E-state index contributed by atoms with van der Waals surface area (Å²) in [4.78, 5) is 14.4. The normalized spacial score (nSPS) is 24.6. The van der Waals surface area contributed by atoms with E-state index in [1.807, 2.05) is 11.8 Å². The minimum atomic E-state index is 0.0276. The molecule has 104 valence electrons. The topological polar surface area (TPSA) is 33.5 Å². The van der Waals surface area contributed by atoms with Crippen LogP contribution < -0.4 is 0 Å². The van der Waals surface area contributed by atoms with Crippen molar-refractivity contribution >= 4 is 5.91 Å². The summed E-state index contributed by atoms with van der Waals surface area (Å²) in [5.41, 5.74) is 0. The number of nitrogens with zero attached hydrogens (tertiary/aromatic N) is 1. The largest absolute Gasteiger partial charge is 0.459 e. The molecule has 2 heterocycles. The minimum absolute atomic E-state index is 0.0276. The van der Waals surface area contributed by atoms with Gasteiger partial charge in [-0.25, -0.2) is 0 Å². The molecule has 1 amide bonds. The second kappa shape index (κ2) is 6.60. The Kier molecular flexibility index (Phi) is 4.83. The number of likely N-dealkylation sites (tertiary alicyclic amines) is 1. The molecule has 0 aliphatic carbocycles. The standard InChI is InChI=1S/C16H23NO2/c1-3-6-14-9-8-13(4-2)11-17(12-14)16(18)15-7-5-10-19-15/h3,5-7,10,13-14H,4,8-9,11-12H2,1-2H3. The highest BCUT2D eigenvalue weighted by Gasteiger charge is 2.27. The van der Waals surface area contributed by atoms with Gasteiger partial charge in [0.15, 0.2) is 5.76 Å². The van der Waals surface area contributed by atoms with Gasteiger partial charge in [0, 0.05) is 13.1 Å². The van der Waals surface area contributed by atoms with E-state index in [4.69, 9.17) is 4.42 Å². The van der Waals surface area contributed by atoms with E-state index >= 15 is 0 Å². The Balaban J connectivity index is 2.13. The number of hydrogen-bond donors (Lipinski definition) is 0. The smallest absolute Gasteiger partial charge is 0.289 e. The second-order valence-electron chi connectivity index (χ2n) is 5.32. The Bertz CT molecular complexity index is 422. The predicted octanol–water partition coefficient (Wildman–Crippen LogP) is 3.73. The summed E-state index contributed by atoms with van der Waals surface area (Å²) in [6.07, 6.45) is 9.38. The lowest BCUT2D eigenvalue weighted by atomic mass is 9.96. The lowest BCUT2D eigenvalue weighted by molar-refractivity contribution is 0.0697. The zero-order valence-electron chi connectivity index (χ0n) is 11.8. The van der Waals surface area contributed by atoms with E-state index in [-0.39, 0.29) is 5.91 Å². The van der Waals surface area contributed by atoms with Crippen LogP contribution in [0.4, 0.5) is 0 Å². The van der Waals surface area contributed by atoms with E-state index in [0.29, 0.717) is 17.6 Å². The Morgan fingerprint density at radius 3 is 2.95 bits per heavy atom. The van der Waals surface area contributed by atoms with Gasteiger partial charge in [-0.15, -0.1) is 0 Å². The SMILES string of the molecule is CC=CC1CCC(CC)CN(C(=O)c2ccco2)C1. The third kappa shape index (κ3) is 3.49. The van der Waals surface area contributed by atoms with Gasteiger partial charge in [-0.2, -0.15) is 0 Å². The summed E-state index contributed by atoms with van der Waals surface area (Å²) in [6, 6.07) is 3.52. The number of amides is 1. The highest BCUT2D eigenvalue weighted by Crippen LogP contribution is 2.25. The van der Waals surface area contributed by atoms with Crippen LogP contribution in [0.2, 0.25) is 0 Å². The molecule has 1 aliphatic heterocycles. The van der Waals surface area contributed by atoms with E-state index in [2.05, 4.69) is 19.1 Å². The van der Waals surface area contributed by atoms with Crippen LogP contribution in [0.1, 0.15) is 43.7 Å². The fraction of sp³-hybridized carbons (Fsp3) is 0.562. The molecule has 1 aliphatic rings. The lowest BCUT2D eigenvalue weighted by Crippen LogP contribution is -2.36. The summed E-state index contributed by atoms with van der Waals surface area (Å²) < 4.78 is 5.24. The van der Waals surface area contributed by atoms with Crippen LogP contribution in [-0.4, -0.2) is 23.9 Å². The average molecular weight is 261 g/mol. The Morgan fingerprint density at radius 1 is 1.47 bits per heavy atom. The number of carbonyl (C=O) groups is 1. The van der Waals surface area contributed by atoms with E-state index in [1.54, 1.807) is 18.4 Å². The van der Waals surface area contributed by atoms with Crippen LogP contribution in [0.3, 0.4) is 0 Å². The maximum absolute atomic E-state index is 12.4. The van der Waals surface area contributed by atoms with Crippen LogP contribution in [-0.2, 0) is 0 Å². The number of allylic oxidation sites excluding steroid dienone is 1. The molecule has 2 unspecified atom stereocenters. The second-order valence-corrected chi connectivity index (χ2v) is 5.32. The molecular formula is C16H23NO2. The van der Waals surface area contributed by atoms with Crippen LogP contribution in [0.5, 0.6) is 0 Å². The summed E-state index contributed by atoms with van der Waals surface area (Å²) in [6.45, 7) is 5.90. The van der Waals surface area contributed by atoms with Crippen molar-refractivity contribution in [3.63, 3.8) is 0 Å². The number of furan rings is 1. The quantitative estimate of drug-likeness (QED) is 0.777. The van der Waals surface area contributed by atoms with Gasteiger partial charge in [-0.1, -0.05) is 25.5 Å². The van der Waals surface area contributed by atoms with Crippen molar-refractivity contribution in [2.75, 3.05) is 13.1 Å². The number of hydrogen-bond acceptors (Lipinski definition) is 2. The Hall–Kier alpha value is -1.51. The van der Waals surface area contributed by atoms with Gasteiger partial charge in [-0.05, 0) is 43.7 Å². The van der Waals surface area contributed by atoms with E-state index < -0.39 is 0 Å². The van der Waals surface area contributed by atoms with Gasteiger partial charge in [-0.3, -0.25) is 4.79 Å². The van der Waals surface area contributed by atoms with Gasteiger partial charge in [0.2, 0.25) is 0 Å². The van der Waals surface area contributed by atoms with Gasteiger partial charge < -0.3 is 9.32 Å². The van der Waals surface area contributed by atoms with Crippen molar-refractivity contribution in [2.45, 2.75) is 33.1 Å². The van der Waals surface area contributed by atoms with Crippen LogP contribution >= 0.6 is 0 Å². The van der Waals surface area contributed by atoms with E-state index in [1.165, 1.54) is 12.8 Å². The molecule has 0 saturated carbocycles. The van der Waals surface area contributed by atoms with Crippen LogP contribution in [0.25, 0.3) is 0 Å². The van der Waals surface area contributed by atoms with Crippen LogP contribution in [0.15, 0.2) is 35.0 Å². The van der Waals surface area contributed by atoms with E-state index in [9.17, 15) is 4.79 Å². The predicted molar refractivity (Wildman–Crippen MR) is 75.9 cm³/mol. The molecule has 0 radical (unpaired) electrons. The maximum Gasteiger partial charge on any atom is 0.289 e. The molecule has 3 heteroatoms. The van der Waals surface area contributed by atoms with Gasteiger partial charge in [0.1, 0.15) is 0 Å². The van der Waals surface area contributed by atoms with Gasteiger partial charge in [0.25, 0.3) is 5.91 Å². The lowest BCUT2D eigenvalue weighted by Gasteiger charge is -2.24. The molecule has 0 N–H and O–H groups in total. The molecule has 2 rings (SSSR count). The first-order chi connectivity index (χ1) is 9.24. The van der Waals surface area contributed by atoms with Crippen molar-refractivity contribution in [1.29, 1.82) is 0 Å². The zero-order chi connectivity index (χ0) is 13.7. The van der Waals surface area contributed by atoms with Crippen molar-refractivity contribution in [3.8, 4) is 0 Å². The van der Waals surface area contributed by atoms with Crippen molar-refractivity contribution in [2.24, 2.45) is 11.8 Å². The molecule has 19 heavy (non-hydrogen) atoms. The first-order valence-corrected chi connectivity index (χ1v) is 7.20. The minimum Gasteiger partial charge on any atom is -0.459 e. The highest BCUT2D eigenvalue weighted by molar-refractivity contribution is 5.91. The molecule has 1 aromatic heterocycles. The summed E-state index contributed by atoms with van der Waals surface area (Å²) >= 11 is 0. The average Bonchev–Trinajstić information content (AvgIpc) is 2.87. The molecule has 0 aromatic carbocycles. The van der Waals surface area contributed by atoms with Crippen molar-refractivity contribution in [3.05, 3.63) is 36.3 Å². The fourth-order valence-corrected chi connectivity index (χ4v) is 2.79. The molecule has 0 bridgehead atoms. The molecule has 1 fully saturated rings. The highest BCUT2D eigenvalue weighted by atomic mass is 16.3. The summed E-state index contributed by atoms with van der Waals surface area (Å²) in [5.74, 6) is 1.56. The zero-order valence-corrected chi connectivity index (χ0v) is 11.8. The Morgan fingerprint density at radius 2 is 2.32 bits per heavy atom. The fourth-order valence-electron chi connectivity index (χ4n) is 2.79. The number of rotatable bonds is 3. The molecule has 1 saturated heterocycles. The molecule has 3 nitrogen and oxygen atoms in total. The van der Waals surface area contributed by atoms with Crippen molar-refractivity contribution < 1.29 is 9.21 Å². The Labute approximate surface area is 115 Å². The van der Waals surface area contributed by atoms with E-state index in [0.717, 1.165) is 19.5 Å². The first kappa shape index (κ1) is 13.9. The summed E-state index contributed by atoms with van der Waals surface area (Å²) in [7, 11) is 0. The first-order valence-electron chi connectivity index (χ1n) is 7.20. The third-order valence-corrected chi connectivity index (χ3v) is 3.94. The molecular weight excluding hydrogens is 238 g/mol. The summed E-state index contributed by atoms with van der Waals surface area (Å²) in [5, 5.41) is 0. The third-order valence-electron chi connectivity index (χ3n) is 3.94. The van der Waals surface area contributed by atoms with Gasteiger partial charge >= 0.3 is 0 Å². The molecule has 0 spiro atoms. The maximum atomic E-state index is 12.4. The van der Waals surface area contributed by atoms with Crippen LogP contribution in [0, 0.1) is 11.8 Å².